The molecule has 0 amide bonds. The van der Waals surface area contributed by atoms with E-state index in [0.717, 1.165) is 0 Å². The van der Waals surface area contributed by atoms with Crippen molar-refractivity contribution >= 4 is 0 Å². The summed E-state index contributed by atoms with van der Waals surface area (Å²) < 4.78 is 0. The third-order valence-corrected chi connectivity index (χ3v) is 1.16. The van der Waals surface area contributed by atoms with Gasteiger partial charge in [-0.1, -0.05) is 39.8 Å². The van der Waals surface area contributed by atoms with Gasteiger partial charge in [-0.05, 0) is 25.7 Å². The highest BCUT2D eigenvalue weighted by Crippen LogP contribution is 2.07. The molecule has 0 saturated carbocycles. The van der Waals surface area contributed by atoms with E-state index in [4.69, 9.17) is 0 Å². The summed E-state index contributed by atoms with van der Waals surface area (Å²) in [6.45, 7) is 14.0. The Morgan fingerprint density at radius 1 is 0.750 bits per heavy atom. The first-order valence-electron chi connectivity index (χ1n) is 5.15. The van der Waals surface area contributed by atoms with Crippen molar-refractivity contribution in [2.75, 3.05) is 0 Å². The smallest absolute Gasteiger partial charge is 0.0351 e. The number of hydrogen-bond acceptors (Lipinski definition) is 0. The Morgan fingerprint density at radius 3 is 1.08 bits per heavy atom. The molecule has 0 aromatic heterocycles. The highest BCUT2D eigenvalue weighted by Gasteiger charge is 1.87. The molecule has 0 atom stereocenters. The second-order valence-electron chi connectivity index (χ2n) is 1.76. The lowest BCUT2D eigenvalue weighted by molar-refractivity contribution is 0.730. The maximum absolute atomic E-state index is 3.00. The van der Waals surface area contributed by atoms with E-state index < -0.39 is 0 Å². The molecular formula is C12H26. The van der Waals surface area contributed by atoms with Crippen LogP contribution in [0.1, 0.15) is 53.4 Å². The van der Waals surface area contributed by atoms with E-state index >= 15 is 0 Å². The molecular weight excluding hydrogens is 144 g/mol. The van der Waals surface area contributed by atoms with Crippen molar-refractivity contribution in [1.29, 1.82) is 0 Å². The zero-order chi connectivity index (χ0) is 10.2. The van der Waals surface area contributed by atoms with Crippen molar-refractivity contribution in [3.63, 3.8) is 0 Å². The Balaban J connectivity index is -0.000000117. The van der Waals surface area contributed by atoms with E-state index in [1.54, 1.807) is 0 Å². The maximum Gasteiger partial charge on any atom is -0.0351 e. The van der Waals surface area contributed by atoms with Crippen LogP contribution in [-0.2, 0) is 0 Å². The first-order chi connectivity index (χ1) is 6.00. The van der Waals surface area contributed by atoms with Gasteiger partial charge in [-0.3, -0.25) is 0 Å². The Hall–Kier alpha value is -0.520. The average molecular weight is 170 g/mol. The Kier molecular flexibility index (Phi) is 45.8. The van der Waals surface area contributed by atoms with Crippen LogP contribution in [0, 0.1) is 0 Å². The fourth-order valence-electron chi connectivity index (χ4n) is 0.760. The Labute approximate surface area is 79.4 Å². The van der Waals surface area contributed by atoms with Gasteiger partial charge in [0.1, 0.15) is 0 Å². The standard InChI is InChI=1S/C6H10.2C2H6.C2H4/c1-2-4-6-5-3-1;3*1-2/h1-2H,3-6H2;2*1-2H3;1-2H2. The second kappa shape index (κ2) is 31.4. The van der Waals surface area contributed by atoms with Crippen LogP contribution >= 0.6 is 0 Å². The largest absolute Gasteiger partial charge is 0.106 e. The van der Waals surface area contributed by atoms with Crippen molar-refractivity contribution in [1.82, 2.24) is 0 Å². The molecule has 1 rings (SSSR count). The van der Waals surface area contributed by atoms with Crippen LogP contribution in [-0.4, -0.2) is 0 Å². The topological polar surface area (TPSA) is 0 Å². The van der Waals surface area contributed by atoms with Crippen LogP contribution in [0.25, 0.3) is 0 Å². The normalized spacial score (nSPS) is 12.0. The van der Waals surface area contributed by atoms with Crippen LogP contribution in [0.4, 0.5) is 0 Å². The van der Waals surface area contributed by atoms with E-state index in [9.17, 15) is 0 Å². The van der Waals surface area contributed by atoms with Gasteiger partial charge < -0.3 is 0 Å². The van der Waals surface area contributed by atoms with Gasteiger partial charge in [0.2, 0.25) is 0 Å². The fourth-order valence-corrected chi connectivity index (χ4v) is 0.760. The lowest BCUT2D eigenvalue weighted by Crippen LogP contribution is -1.77. The predicted molar refractivity (Wildman–Crippen MR) is 61.6 cm³/mol. The predicted octanol–water partition coefficient (Wildman–Crippen LogP) is 4.97. The molecule has 0 saturated heterocycles. The fraction of sp³-hybridized carbons (Fsp3) is 0.667. The van der Waals surface area contributed by atoms with Crippen molar-refractivity contribution < 1.29 is 0 Å². The summed E-state index contributed by atoms with van der Waals surface area (Å²) in [7, 11) is 0. The molecule has 0 spiro atoms. The summed E-state index contributed by atoms with van der Waals surface area (Å²) in [5.41, 5.74) is 0. The van der Waals surface area contributed by atoms with E-state index in [-0.39, 0.29) is 0 Å². The summed E-state index contributed by atoms with van der Waals surface area (Å²) >= 11 is 0. The van der Waals surface area contributed by atoms with Crippen molar-refractivity contribution in [2.24, 2.45) is 0 Å². The minimum Gasteiger partial charge on any atom is -0.106 e. The second-order valence-corrected chi connectivity index (χ2v) is 1.76. The highest BCUT2D eigenvalue weighted by atomic mass is 13.9. The molecule has 0 aromatic rings. The van der Waals surface area contributed by atoms with Crippen LogP contribution in [0.15, 0.2) is 25.3 Å². The van der Waals surface area contributed by atoms with Gasteiger partial charge >= 0.3 is 0 Å². The Morgan fingerprint density at radius 2 is 1.00 bits per heavy atom. The third kappa shape index (κ3) is 22.7. The molecule has 0 aliphatic heterocycles. The van der Waals surface area contributed by atoms with Gasteiger partial charge in [0, 0.05) is 0 Å². The molecule has 0 radical (unpaired) electrons. The zero-order valence-electron chi connectivity index (χ0n) is 9.40. The molecule has 1 aliphatic carbocycles. The van der Waals surface area contributed by atoms with E-state index in [2.05, 4.69) is 25.3 Å². The average Bonchev–Trinajstić information content (AvgIpc) is 2.29. The molecule has 0 aromatic carbocycles. The molecule has 0 N–H and O–H groups in total. The van der Waals surface area contributed by atoms with Gasteiger partial charge in [-0.25, -0.2) is 0 Å². The van der Waals surface area contributed by atoms with Crippen molar-refractivity contribution in [3.8, 4) is 0 Å². The van der Waals surface area contributed by atoms with Gasteiger partial charge in [-0.15, -0.1) is 13.2 Å². The van der Waals surface area contributed by atoms with Gasteiger partial charge in [0.15, 0.2) is 0 Å². The monoisotopic (exact) mass is 170 g/mol. The molecule has 0 fully saturated rings. The number of rotatable bonds is 0. The summed E-state index contributed by atoms with van der Waals surface area (Å²) in [6, 6.07) is 0. The zero-order valence-corrected chi connectivity index (χ0v) is 9.40. The molecule has 0 unspecified atom stereocenters. The molecule has 0 heterocycles. The quantitative estimate of drug-likeness (QED) is 0.450. The Bertz CT molecular complexity index is 54.4. The first-order valence-corrected chi connectivity index (χ1v) is 5.15. The van der Waals surface area contributed by atoms with Crippen LogP contribution in [0.3, 0.4) is 0 Å². The van der Waals surface area contributed by atoms with Crippen LogP contribution in [0.5, 0.6) is 0 Å². The summed E-state index contributed by atoms with van der Waals surface area (Å²) in [5.74, 6) is 0. The summed E-state index contributed by atoms with van der Waals surface area (Å²) in [5, 5.41) is 0. The van der Waals surface area contributed by atoms with Crippen molar-refractivity contribution in [2.45, 2.75) is 53.4 Å². The first kappa shape index (κ1) is 17.5. The van der Waals surface area contributed by atoms with Crippen LogP contribution in [0.2, 0.25) is 0 Å². The van der Waals surface area contributed by atoms with E-state index in [1.807, 2.05) is 27.7 Å². The van der Waals surface area contributed by atoms with Gasteiger partial charge in [0.25, 0.3) is 0 Å². The molecule has 12 heavy (non-hydrogen) atoms. The molecule has 0 bridgehead atoms. The highest BCUT2D eigenvalue weighted by molar-refractivity contribution is 4.85. The third-order valence-electron chi connectivity index (χ3n) is 1.16. The lowest BCUT2D eigenvalue weighted by Gasteiger charge is -1.97. The SMILES string of the molecule is C1=CCCCC1.C=C.CC.CC. The van der Waals surface area contributed by atoms with Gasteiger partial charge in [0.05, 0.1) is 0 Å². The number of hydrogen-bond donors (Lipinski definition) is 0. The summed E-state index contributed by atoms with van der Waals surface area (Å²) in [4.78, 5) is 0. The minimum absolute atomic E-state index is 1.32. The molecule has 0 heteroatoms. The summed E-state index contributed by atoms with van der Waals surface area (Å²) in [6.07, 6.45) is 10.0. The number of allylic oxidation sites excluding steroid dienone is 2. The van der Waals surface area contributed by atoms with Gasteiger partial charge in [-0.2, -0.15) is 0 Å². The minimum atomic E-state index is 1.32. The van der Waals surface area contributed by atoms with E-state index in [0.29, 0.717) is 0 Å². The molecule has 0 nitrogen and oxygen atoms in total. The van der Waals surface area contributed by atoms with Crippen LogP contribution < -0.4 is 0 Å². The molecule has 74 valence electrons. The van der Waals surface area contributed by atoms with E-state index in [1.165, 1.54) is 25.7 Å². The lowest BCUT2D eigenvalue weighted by atomic mass is 10.1. The molecule has 1 aliphatic rings. The van der Waals surface area contributed by atoms with Crippen molar-refractivity contribution in [3.05, 3.63) is 25.3 Å². The maximum atomic E-state index is 3.00.